The highest BCUT2D eigenvalue weighted by Crippen LogP contribution is 2.27. The van der Waals surface area contributed by atoms with E-state index in [1.165, 1.54) is 23.1 Å². The Morgan fingerprint density at radius 1 is 1.22 bits per heavy atom. The van der Waals surface area contributed by atoms with Gasteiger partial charge < -0.3 is 5.32 Å². The third-order valence-electron chi connectivity index (χ3n) is 4.19. The number of hydrogen-bond donors (Lipinski definition) is 1. The molecule has 0 radical (unpaired) electrons. The van der Waals surface area contributed by atoms with Crippen molar-refractivity contribution in [1.29, 1.82) is 0 Å². The fraction of sp³-hybridized carbons (Fsp3) is 0.471. The molecule has 1 saturated carbocycles. The van der Waals surface area contributed by atoms with Crippen LogP contribution in [0.15, 0.2) is 29.3 Å². The fourth-order valence-corrected chi connectivity index (χ4v) is 3.80. The van der Waals surface area contributed by atoms with Crippen LogP contribution in [-0.4, -0.2) is 28.9 Å². The average Bonchev–Trinajstić information content (AvgIpc) is 2.90. The van der Waals surface area contributed by atoms with Crippen LogP contribution in [0.2, 0.25) is 0 Å². The van der Waals surface area contributed by atoms with Crippen LogP contribution in [0.3, 0.4) is 0 Å². The maximum Gasteiger partial charge on any atom is 0.343 e. The zero-order chi connectivity index (χ0) is 16.2. The Balaban J connectivity index is 1.72. The Hall–Kier alpha value is -1.82. The van der Waals surface area contributed by atoms with Gasteiger partial charge in [0.15, 0.2) is 5.17 Å². The summed E-state index contributed by atoms with van der Waals surface area (Å²) in [6, 6.07) is 7.54. The van der Waals surface area contributed by atoms with Gasteiger partial charge in [0, 0.05) is 6.04 Å². The van der Waals surface area contributed by atoms with Gasteiger partial charge in [0.05, 0.1) is 11.4 Å². The van der Waals surface area contributed by atoms with Crippen LogP contribution in [0.4, 0.5) is 10.5 Å². The molecule has 3 rings (SSSR count). The summed E-state index contributed by atoms with van der Waals surface area (Å²) in [6.07, 6.45) is 5.59. The molecule has 1 saturated heterocycles. The molecule has 0 bridgehead atoms. The standard InChI is InChI=1S/C17H21N3O2S/c1-12-7-9-14(10-8-12)20-15(21)11-23-17(20)19-16(22)18-13-5-3-2-4-6-13/h7-10,13H,2-6,11H2,1H3,(H,18,22)/b19-17-. The first-order valence-electron chi connectivity index (χ1n) is 8.05. The van der Waals surface area contributed by atoms with Gasteiger partial charge in [-0.15, -0.1) is 0 Å². The molecule has 1 aromatic carbocycles. The summed E-state index contributed by atoms with van der Waals surface area (Å²) in [5.41, 5.74) is 1.89. The summed E-state index contributed by atoms with van der Waals surface area (Å²) in [6.45, 7) is 2.00. The fourth-order valence-electron chi connectivity index (χ4n) is 2.93. The number of nitrogens with one attached hydrogen (secondary N) is 1. The van der Waals surface area contributed by atoms with Crippen LogP contribution in [0.25, 0.3) is 0 Å². The molecule has 1 aliphatic carbocycles. The van der Waals surface area contributed by atoms with Crippen molar-refractivity contribution in [3.8, 4) is 0 Å². The molecular formula is C17H21N3O2S. The number of nitrogens with zero attached hydrogens (tertiary/aromatic N) is 2. The number of carbonyl (C=O) groups excluding carboxylic acids is 2. The van der Waals surface area contributed by atoms with Crippen molar-refractivity contribution in [3.05, 3.63) is 29.8 Å². The van der Waals surface area contributed by atoms with Crippen molar-refractivity contribution in [2.75, 3.05) is 10.7 Å². The van der Waals surface area contributed by atoms with Gasteiger partial charge in [0.1, 0.15) is 0 Å². The number of aliphatic imine (C=N–C) groups is 1. The predicted molar refractivity (Wildman–Crippen MR) is 94.0 cm³/mol. The predicted octanol–water partition coefficient (Wildman–Crippen LogP) is 3.47. The van der Waals surface area contributed by atoms with Crippen LogP contribution in [-0.2, 0) is 4.79 Å². The summed E-state index contributed by atoms with van der Waals surface area (Å²) >= 11 is 1.31. The first kappa shape index (κ1) is 16.1. The Kier molecular flexibility index (Phi) is 5.00. The Bertz CT molecular complexity index is 621. The van der Waals surface area contributed by atoms with Crippen LogP contribution in [0, 0.1) is 6.92 Å². The molecule has 3 amide bonds. The average molecular weight is 331 g/mol. The highest BCUT2D eigenvalue weighted by molar-refractivity contribution is 8.15. The van der Waals surface area contributed by atoms with Gasteiger partial charge in [-0.3, -0.25) is 9.69 Å². The summed E-state index contributed by atoms with van der Waals surface area (Å²) in [5.74, 6) is 0.284. The lowest BCUT2D eigenvalue weighted by Gasteiger charge is -2.22. The molecule has 122 valence electrons. The quantitative estimate of drug-likeness (QED) is 0.902. The molecule has 1 heterocycles. The second-order valence-electron chi connectivity index (χ2n) is 6.03. The summed E-state index contributed by atoms with van der Waals surface area (Å²) in [7, 11) is 0. The second-order valence-corrected chi connectivity index (χ2v) is 6.97. The normalized spacial score (nSPS) is 21.0. The van der Waals surface area contributed by atoms with Gasteiger partial charge in [0.25, 0.3) is 0 Å². The largest absolute Gasteiger partial charge is 0.343 e. The highest BCUT2D eigenvalue weighted by Gasteiger charge is 2.30. The van der Waals surface area contributed by atoms with E-state index in [1.807, 2.05) is 31.2 Å². The van der Waals surface area contributed by atoms with E-state index >= 15 is 0 Å². The van der Waals surface area contributed by atoms with E-state index < -0.39 is 0 Å². The van der Waals surface area contributed by atoms with E-state index in [-0.39, 0.29) is 18.0 Å². The number of urea groups is 1. The Labute approximate surface area is 140 Å². The van der Waals surface area contributed by atoms with E-state index in [0.29, 0.717) is 10.9 Å². The van der Waals surface area contributed by atoms with Crippen LogP contribution >= 0.6 is 11.8 Å². The lowest BCUT2D eigenvalue weighted by molar-refractivity contribution is -0.115. The van der Waals surface area contributed by atoms with Crippen LogP contribution in [0.1, 0.15) is 37.7 Å². The molecule has 0 atom stereocenters. The minimum atomic E-state index is -0.341. The maximum absolute atomic E-state index is 12.2. The monoisotopic (exact) mass is 331 g/mol. The van der Waals surface area contributed by atoms with Crippen molar-refractivity contribution in [3.63, 3.8) is 0 Å². The van der Waals surface area contributed by atoms with E-state index in [2.05, 4.69) is 10.3 Å². The minimum Gasteiger partial charge on any atom is -0.333 e. The van der Waals surface area contributed by atoms with E-state index in [4.69, 9.17) is 0 Å². The van der Waals surface area contributed by atoms with Gasteiger partial charge in [-0.2, -0.15) is 4.99 Å². The molecule has 0 unspecified atom stereocenters. The molecule has 1 N–H and O–H groups in total. The van der Waals surface area contributed by atoms with E-state index in [1.54, 1.807) is 0 Å². The van der Waals surface area contributed by atoms with E-state index in [9.17, 15) is 9.59 Å². The number of benzene rings is 1. The molecule has 23 heavy (non-hydrogen) atoms. The zero-order valence-electron chi connectivity index (χ0n) is 13.2. The lowest BCUT2D eigenvalue weighted by Crippen LogP contribution is -2.36. The first-order chi connectivity index (χ1) is 11.1. The van der Waals surface area contributed by atoms with Crippen molar-refractivity contribution in [2.45, 2.75) is 45.1 Å². The molecular weight excluding hydrogens is 310 g/mol. The first-order valence-corrected chi connectivity index (χ1v) is 9.03. The number of anilines is 1. The number of amides is 3. The molecule has 1 aliphatic heterocycles. The number of aryl methyl sites for hydroxylation is 1. The number of hydrogen-bond acceptors (Lipinski definition) is 3. The summed E-state index contributed by atoms with van der Waals surface area (Å²) in [5, 5.41) is 3.43. The zero-order valence-corrected chi connectivity index (χ0v) is 14.1. The van der Waals surface area contributed by atoms with Gasteiger partial charge in [0.2, 0.25) is 5.91 Å². The van der Waals surface area contributed by atoms with Crippen molar-refractivity contribution in [1.82, 2.24) is 5.32 Å². The lowest BCUT2D eigenvalue weighted by atomic mass is 9.96. The molecule has 1 aromatic rings. The highest BCUT2D eigenvalue weighted by atomic mass is 32.2. The van der Waals surface area contributed by atoms with Crippen LogP contribution < -0.4 is 10.2 Å². The van der Waals surface area contributed by atoms with Gasteiger partial charge in [-0.1, -0.05) is 48.7 Å². The molecule has 6 heteroatoms. The van der Waals surface area contributed by atoms with Gasteiger partial charge >= 0.3 is 6.03 Å². The van der Waals surface area contributed by atoms with Gasteiger partial charge in [-0.25, -0.2) is 4.79 Å². The molecule has 0 aromatic heterocycles. The molecule has 2 fully saturated rings. The number of carbonyl (C=O) groups is 2. The second kappa shape index (κ2) is 7.17. The van der Waals surface area contributed by atoms with Crippen LogP contribution in [0.5, 0.6) is 0 Å². The summed E-state index contributed by atoms with van der Waals surface area (Å²) in [4.78, 5) is 30.0. The Morgan fingerprint density at radius 3 is 2.61 bits per heavy atom. The van der Waals surface area contributed by atoms with E-state index in [0.717, 1.165) is 36.9 Å². The number of rotatable bonds is 2. The molecule has 0 spiro atoms. The summed E-state index contributed by atoms with van der Waals surface area (Å²) < 4.78 is 0. The molecule has 2 aliphatic rings. The molecule has 5 nitrogen and oxygen atoms in total. The maximum atomic E-state index is 12.2. The third-order valence-corrected chi connectivity index (χ3v) is 5.11. The smallest absolute Gasteiger partial charge is 0.333 e. The SMILES string of the molecule is Cc1ccc(N2C(=O)CS/C2=N\C(=O)NC2CCCCC2)cc1. The number of thioether (sulfide) groups is 1. The topological polar surface area (TPSA) is 61.8 Å². The third kappa shape index (κ3) is 3.93. The van der Waals surface area contributed by atoms with Gasteiger partial charge in [-0.05, 0) is 31.9 Å². The number of amidine groups is 1. The Morgan fingerprint density at radius 2 is 1.91 bits per heavy atom. The minimum absolute atomic E-state index is 0.0388. The van der Waals surface area contributed by atoms with Crippen molar-refractivity contribution >= 4 is 34.6 Å². The van der Waals surface area contributed by atoms with Crippen molar-refractivity contribution in [2.24, 2.45) is 4.99 Å². The van der Waals surface area contributed by atoms with Crippen molar-refractivity contribution < 1.29 is 9.59 Å².